The van der Waals surface area contributed by atoms with Gasteiger partial charge in [0.25, 0.3) is 0 Å². The summed E-state index contributed by atoms with van der Waals surface area (Å²) >= 11 is 6.78. The van der Waals surface area contributed by atoms with Crippen molar-refractivity contribution < 1.29 is 17.9 Å². The SMILES string of the molecule is Cc1cc(C)n(Cc2c(S(C)(=O)=O)ccc(C(=O)c3c(C)nn(C)c3OCc3cn(C)nc3C)c2Cl)n1. The predicted octanol–water partition coefficient (Wildman–Crippen LogP) is 3.50. The van der Waals surface area contributed by atoms with E-state index in [2.05, 4.69) is 15.3 Å². The second kappa shape index (κ2) is 9.79. The van der Waals surface area contributed by atoms with Gasteiger partial charge in [-0.2, -0.15) is 15.3 Å². The molecule has 0 amide bonds. The summed E-state index contributed by atoms with van der Waals surface area (Å²) in [6.07, 6.45) is 2.97. The molecule has 4 rings (SSSR count). The highest BCUT2D eigenvalue weighted by Gasteiger charge is 2.28. The van der Waals surface area contributed by atoms with Crippen molar-refractivity contribution >= 4 is 27.2 Å². The van der Waals surface area contributed by atoms with Gasteiger partial charge in [0.05, 0.1) is 33.5 Å². The molecule has 0 aliphatic carbocycles. The number of sulfone groups is 1. The molecule has 0 aliphatic heterocycles. The minimum atomic E-state index is -3.63. The first-order valence-electron chi connectivity index (χ1n) is 11.5. The Morgan fingerprint density at radius 1 is 1.05 bits per heavy atom. The lowest BCUT2D eigenvalue weighted by atomic mass is 10.0. The van der Waals surface area contributed by atoms with Gasteiger partial charge in [0.2, 0.25) is 11.7 Å². The zero-order valence-corrected chi connectivity index (χ0v) is 23.4. The zero-order valence-electron chi connectivity index (χ0n) is 21.8. The average molecular weight is 545 g/mol. The lowest BCUT2D eigenvalue weighted by molar-refractivity contribution is 0.103. The Morgan fingerprint density at radius 3 is 2.32 bits per heavy atom. The Hall–Kier alpha value is -3.44. The summed E-state index contributed by atoms with van der Waals surface area (Å²) in [6.45, 7) is 7.61. The topological polar surface area (TPSA) is 114 Å². The van der Waals surface area contributed by atoms with Gasteiger partial charge in [-0.15, -0.1) is 0 Å². The summed E-state index contributed by atoms with van der Waals surface area (Å²) < 4.78 is 36.1. The molecule has 0 bridgehead atoms. The molecule has 0 atom stereocenters. The number of aryl methyl sites for hydroxylation is 6. The van der Waals surface area contributed by atoms with Gasteiger partial charge >= 0.3 is 0 Å². The van der Waals surface area contributed by atoms with Crippen LogP contribution in [0.5, 0.6) is 5.88 Å². The molecule has 196 valence electrons. The van der Waals surface area contributed by atoms with E-state index in [1.165, 1.54) is 16.8 Å². The number of rotatable bonds is 8. The van der Waals surface area contributed by atoms with E-state index >= 15 is 0 Å². The summed E-state index contributed by atoms with van der Waals surface area (Å²) in [5.41, 5.74) is 4.52. The van der Waals surface area contributed by atoms with E-state index in [1.54, 1.807) is 23.3 Å². The van der Waals surface area contributed by atoms with E-state index in [9.17, 15) is 13.2 Å². The van der Waals surface area contributed by atoms with E-state index in [0.29, 0.717) is 11.3 Å². The fourth-order valence-corrected chi connectivity index (χ4v) is 5.69. The second-order valence-electron chi connectivity index (χ2n) is 9.18. The number of hydrogen-bond donors (Lipinski definition) is 0. The molecule has 0 spiro atoms. The van der Waals surface area contributed by atoms with Gasteiger partial charge < -0.3 is 4.74 Å². The first-order valence-corrected chi connectivity index (χ1v) is 13.8. The summed E-state index contributed by atoms with van der Waals surface area (Å²) in [5.74, 6) is -0.128. The third-order valence-electron chi connectivity index (χ3n) is 6.13. The molecular weight excluding hydrogens is 516 g/mol. The van der Waals surface area contributed by atoms with Gasteiger partial charge in [-0.3, -0.25) is 14.2 Å². The van der Waals surface area contributed by atoms with E-state index in [-0.39, 0.29) is 40.1 Å². The molecular formula is C25H29ClN6O4S. The van der Waals surface area contributed by atoms with Crippen LogP contribution in [0.1, 0.15) is 49.8 Å². The second-order valence-corrected chi connectivity index (χ2v) is 11.5. The first-order chi connectivity index (χ1) is 17.3. The van der Waals surface area contributed by atoms with Gasteiger partial charge in [0.15, 0.2) is 9.84 Å². The van der Waals surface area contributed by atoms with Crippen LogP contribution in [-0.2, 0) is 37.1 Å². The van der Waals surface area contributed by atoms with E-state index < -0.39 is 15.6 Å². The van der Waals surface area contributed by atoms with Crippen molar-refractivity contribution in [3.63, 3.8) is 0 Å². The van der Waals surface area contributed by atoms with Crippen LogP contribution in [0.3, 0.4) is 0 Å². The monoisotopic (exact) mass is 544 g/mol. The van der Waals surface area contributed by atoms with Crippen molar-refractivity contribution in [1.29, 1.82) is 0 Å². The Kier molecular flexibility index (Phi) is 7.04. The number of nitrogens with zero attached hydrogens (tertiary/aromatic N) is 6. The third-order valence-corrected chi connectivity index (χ3v) is 7.74. The first kappa shape index (κ1) is 26.6. The molecule has 12 heteroatoms. The van der Waals surface area contributed by atoms with Gasteiger partial charge in [0, 0.05) is 48.9 Å². The molecule has 0 saturated carbocycles. The number of aromatic nitrogens is 6. The number of halogens is 1. The van der Waals surface area contributed by atoms with E-state index in [0.717, 1.165) is 28.9 Å². The normalized spacial score (nSPS) is 11.8. The zero-order chi connectivity index (χ0) is 27.2. The van der Waals surface area contributed by atoms with Gasteiger partial charge in [0.1, 0.15) is 12.2 Å². The maximum absolute atomic E-state index is 13.8. The summed E-state index contributed by atoms with van der Waals surface area (Å²) in [6, 6.07) is 4.74. The van der Waals surface area contributed by atoms with Crippen LogP contribution in [0, 0.1) is 27.7 Å². The maximum atomic E-state index is 13.8. The van der Waals surface area contributed by atoms with Gasteiger partial charge in [-0.25, -0.2) is 13.1 Å². The van der Waals surface area contributed by atoms with Crippen LogP contribution < -0.4 is 4.74 Å². The van der Waals surface area contributed by atoms with Crippen LogP contribution in [0.4, 0.5) is 0 Å². The Balaban J connectivity index is 1.78. The molecule has 0 N–H and O–H groups in total. The molecule has 0 unspecified atom stereocenters. The minimum absolute atomic E-state index is 0.0491. The number of carbonyl (C=O) groups excluding carboxylic acids is 1. The smallest absolute Gasteiger partial charge is 0.223 e. The van der Waals surface area contributed by atoms with Crippen LogP contribution in [0.25, 0.3) is 0 Å². The van der Waals surface area contributed by atoms with E-state index in [1.807, 2.05) is 40.1 Å². The minimum Gasteiger partial charge on any atom is -0.472 e. The van der Waals surface area contributed by atoms with Crippen LogP contribution in [0.2, 0.25) is 5.02 Å². The Labute approximate surface area is 220 Å². The third kappa shape index (κ3) is 5.19. The van der Waals surface area contributed by atoms with Gasteiger partial charge in [-0.1, -0.05) is 11.6 Å². The summed E-state index contributed by atoms with van der Waals surface area (Å²) in [7, 11) is -0.112. The van der Waals surface area contributed by atoms with Crippen molar-refractivity contribution in [2.24, 2.45) is 14.1 Å². The lowest BCUT2D eigenvalue weighted by Crippen LogP contribution is -2.14. The molecule has 1 aromatic carbocycles. The largest absolute Gasteiger partial charge is 0.472 e. The van der Waals surface area contributed by atoms with Crippen molar-refractivity contribution in [1.82, 2.24) is 29.3 Å². The quantitative estimate of drug-likeness (QED) is 0.312. The molecule has 10 nitrogen and oxygen atoms in total. The Bertz CT molecular complexity index is 1630. The molecule has 4 aromatic rings. The van der Waals surface area contributed by atoms with Crippen LogP contribution >= 0.6 is 11.6 Å². The molecule has 3 aromatic heterocycles. The molecule has 0 saturated heterocycles. The standard InChI is InChI=1S/C25H29ClN6O4S/c1-14-10-15(2)32(27-14)12-20-21(37(7,34)35)9-8-19(23(20)26)24(33)22-17(4)29-31(6)25(22)36-13-18-11-30(5)28-16(18)3/h8-11H,12-13H2,1-7H3. The lowest BCUT2D eigenvalue weighted by Gasteiger charge is -2.15. The Morgan fingerprint density at radius 2 is 1.76 bits per heavy atom. The number of ether oxygens (including phenoxy) is 1. The molecule has 0 radical (unpaired) electrons. The summed E-state index contributed by atoms with van der Waals surface area (Å²) in [5, 5.41) is 13.2. The number of carbonyl (C=O) groups is 1. The van der Waals surface area contributed by atoms with Crippen molar-refractivity contribution in [2.75, 3.05) is 6.26 Å². The maximum Gasteiger partial charge on any atom is 0.223 e. The average Bonchev–Trinajstić information content (AvgIpc) is 3.38. The molecule has 3 heterocycles. The molecule has 0 fully saturated rings. The highest BCUT2D eigenvalue weighted by molar-refractivity contribution is 7.90. The molecule has 0 aliphatic rings. The summed E-state index contributed by atoms with van der Waals surface area (Å²) in [4.78, 5) is 13.9. The van der Waals surface area contributed by atoms with Crippen molar-refractivity contribution in [3.8, 4) is 5.88 Å². The van der Waals surface area contributed by atoms with Crippen molar-refractivity contribution in [3.05, 3.63) is 74.4 Å². The molecule has 37 heavy (non-hydrogen) atoms. The number of benzene rings is 1. The number of hydrogen-bond acceptors (Lipinski definition) is 7. The van der Waals surface area contributed by atoms with Crippen LogP contribution in [0.15, 0.2) is 29.3 Å². The fraction of sp³-hybridized carbons (Fsp3) is 0.360. The van der Waals surface area contributed by atoms with Crippen molar-refractivity contribution in [2.45, 2.75) is 45.7 Å². The van der Waals surface area contributed by atoms with Gasteiger partial charge in [-0.05, 0) is 45.9 Å². The van der Waals surface area contributed by atoms with Crippen LogP contribution in [-0.4, -0.2) is 49.8 Å². The number of ketones is 1. The predicted molar refractivity (Wildman–Crippen MR) is 139 cm³/mol. The van der Waals surface area contributed by atoms with E-state index in [4.69, 9.17) is 16.3 Å². The fourth-order valence-electron chi connectivity index (χ4n) is 4.39. The highest BCUT2D eigenvalue weighted by atomic mass is 35.5. The highest BCUT2D eigenvalue weighted by Crippen LogP contribution is 2.33.